The molecule has 0 radical (unpaired) electrons. The number of hydrogen-bond acceptors (Lipinski definition) is 5. The number of methoxy groups -OCH3 is 1. The van der Waals surface area contributed by atoms with Crippen molar-refractivity contribution >= 4 is 23.3 Å². The van der Waals surface area contributed by atoms with E-state index in [1.807, 2.05) is 0 Å². The van der Waals surface area contributed by atoms with Crippen LogP contribution >= 0.6 is 11.6 Å². The van der Waals surface area contributed by atoms with E-state index in [-0.39, 0.29) is 18.5 Å². The molecule has 1 aromatic rings. The van der Waals surface area contributed by atoms with E-state index in [4.69, 9.17) is 21.1 Å². The third kappa shape index (κ3) is 5.92. The third-order valence-electron chi connectivity index (χ3n) is 2.36. The van der Waals surface area contributed by atoms with Gasteiger partial charge in [0, 0.05) is 19.3 Å². The molecule has 0 amide bonds. The Morgan fingerprint density at radius 2 is 2.05 bits per heavy atom. The van der Waals surface area contributed by atoms with Gasteiger partial charge in [0.15, 0.2) is 0 Å². The summed E-state index contributed by atoms with van der Waals surface area (Å²) in [6.07, 6.45) is -0.597. The number of esters is 1. The lowest BCUT2D eigenvalue weighted by molar-refractivity contribution is 0.0388. The third-order valence-corrected chi connectivity index (χ3v) is 2.72. The largest absolute Gasteiger partial charge is 0.460 e. The van der Waals surface area contributed by atoms with Gasteiger partial charge in [0.1, 0.15) is 6.61 Å². The Balaban J connectivity index is 2.44. The minimum atomic E-state index is -0.597. The highest BCUT2D eigenvalue weighted by molar-refractivity contribution is 6.18. The second-order valence-corrected chi connectivity index (χ2v) is 4.20. The van der Waals surface area contributed by atoms with Crippen LogP contribution in [0.1, 0.15) is 10.4 Å². The van der Waals surface area contributed by atoms with E-state index in [2.05, 4.69) is 5.32 Å². The predicted molar refractivity (Wildman–Crippen MR) is 73.8 cm³/mol. The number of benzene rings is 1. The lowest BCUT2D eigenvalue weighted by Crippen LogP contribution is -2.20. The molecule has 0 heterocycles. The molecule has 2 N–H and O–H groups in total. The average Bonchev–Trinajstić information content (AvgIpc) is 2.45. The molecule has 0 bridgehead atoms. The van der Waals surface area contributed by atoms with Crippen molar-refractivity contribution in [1.29, 1.82) is 0 Å². The van der Waals surface area contributed by atoms with E-state index in [1.54, 1.807) is 31.4 Å². The molecule has 0 aliphatic rings. The second-order valence-electron chi connectivity index (χ2n) is 3.90. The number of alkyl halides is 1. The van der Waals surface area contributed by atoms with Gasteiger partial charge in [-0.15, -0.1) is 11.6 Å². The van der Waals surface area contributed by atoms with E-state index in [0.717, 1.165) is 5.69 Å². The summed E-state index contributed by atoms with van der Waals surface area (Å²) in [6.45, 7) is 0.972. The van der Waals surface area contributed by atoms with Gasteiger partial charge in [-0.25, -0.2) is 4.79 Å². The van der Waals surface area contributed by atoms with Gasteiger partial charge in [-0.05, 0) is 24.3 Å². The number of carbonyl (C=O) groups excluding carboxylic acids is 1. The highest BCUT2D eigenvalue weighted by atomic mass is 35.5. The monoisotopic (exact) mass is 287 g/mol. The maximum Gasteiger partial charge on any atom is 0.338 e. The molecule has 0 spiro atoms. The number of aliphatic hydroxyl groups excluding tert-OH is 1. The van der Waals surface area contributed by atoms with Gasteiger partial charge < -0.3 is 19.9 Å². The number of hydrogen-bond donors (Lipinski definition) is 2. The molecule has 6 heteroatoms. The summed E-state index contributed by atoms with van der Waals surface area (Å²) in [7, 11) is 1.55. The van der Waals surface area contributed by atoms with Gasteiger partial charge in [0.25, 0.3) is 0 Å². The summed E-state index contributed by atoms with van der Waals surface area (Å²) >= 11 is 5.48. The van der Waals surface area contributed by atoms with E-state index in [1.165, 1.54) is 0 Å². The molecule has 106 valence electrons. The predicted octanol–water partition coefficient (Wildman–Crippen LogP) is 1.50. The summed E-state index contributed by atoms with van der Waals surface area (Å²) in [5.41, 5.74) is 1.28. The maximum atomic E-state index is 11.6. The van der Waals surface area contributed by atoms with Gasteiger partial charge in [0.05, 0.1) is 24.2 Å². The molecular formula is C13H18ClNO4. The molecule has 1 aromatic carbocycles. The fraction of sp³-hybridized carbons (Fsp3) is 0.462. The molecule has 1 atom stereocenters. The summed E-state index contributed by atoms with van der Waals surface area (Å²) in [4.78, 5) is 11.6. The minimum absolute atomic E-state index is 0.177. The van der Waals surface area contributed by atoms with Gasteiger partial charge in [-0.1, -0.05) is 0 Å². The van der Waals surface area contributed by atoms with Crippen LogP contribution in [0.4, 0.5) is 5.69 Å². The zero-order valence-corrected chi connectivity index (χ0v) is 11.5. The average molecular weight is 288 g/mol. The number of rotatable bonds is 8. The number of carbonyl (C=O) groups is 1. The fourth-order valence-electron chi connectivity index (χ4n) is 1.32. The lowest BCUT2D eigenvalue weighted by Gasteiger charge is -2.10. The van der Waals surface area contributed by atoms with Crippen molar-refractivity contribution in [3.05, 3.63) is 29.8 Å². The Kier molecular flexibility index (Phi) is 7.25. The van der Waals surface area contributed by atoms with Crippen molar-refractivity contribution in [1.82, 2.24) is 0 Å². The Labute approximate surface area is 117 Å². The highest BCUT2D eigenvalue weighted by Crippen LogP contribution is 2.10. The first-order chi connectivity index (χ1) is 9.17. The van der Waals surface area contributed by atoms with Gasteiger partial charge in [-0.3, -0.25) is 0 Å². The Morgan fingerprint density at radius 3 is 2.63 bits per heavy atom. The number of nitrogens with one attached hydrogen (secondary N) is 1. The standard InChI is InChI=1S/C13H18ClNO4/c1-18-6-7-19-13(17)10-2-4-11(5-3-10)15-9-12(16)8-14/h2-5,12,15-16H,6-9H2,1H3. The van der Waals surface area contributed by atoms with E-state index in [9.17, 15) is 9.90 Å². The Hall–Kier alpha value is -1.30. The van der Waals surface area contributed by atoms with Crippen molar-refractivity contribution in [2.24, 2.45) is 0 Å². The number of ether oxygens (including phenoxy) is 2. The highest BCUT2D eigenvalue weighted by Gasteiger charge is 2.07. The molecule has 0 aliphatic carbocycles. The number of anilines is 1. The van der Waals surface area contributed by atoms with Crippen molar-refractivity contribution in [3.63, 3.8) is 0 Å². The van der Waals surface area contributed by atoms with Crippen molar-refractivity contribution in [3.8, 4) is 0 Å². The minimum Gasteiger partial charge on any atom is -0.460 e. The van der Waals surface area contributed by atoms with Crippen LogP contribution in [0.5, 0.6) is 0 Å². The second kappa shape index (κ2) is 8.74. The fourth-order valence-corrected chi connectivity index (χ4v) is 1.42. The van der Waals surface area contributed by atoms with Crippen LogP contribution in [-0.4, -0.2) is 49.9 Å². The maximum absolute atomic E-state index is 11.6. The molecule has 0 aromatic heterocycles. The SMILES string of the molecule is COCCOC(=O)c1ccc(NCC(O)CCl)cc1. The van der Waals surface area contributed by atoms with E-state index < -0.39 is 6.10 Å². The normalized spacial score (nSPS) is 11.9. The molecule has 0 fully saturated rings. The van der Waals surface area contributed by atoms with Crippen molar-refractivity contribution in [2.75, 3.05) is 38.1 Å². The number of halogens is 1. The molecular weight excluding hydrogens is 270 g/mol. The van der Waals surface area contributed by atoms with E-state index >= 15 is 0 Å². The van der Waals surface area contributed by atoms with Gasteiger partial charge >= 0.3 is 5.97 Å². The summed E-state index contributed by atoms with van der Waals surface area (Å²) in [5.74, 6) is -0.207. The van der Waals surface area contributed by atoms with Crippen LogP contribution in [0.25, 0.3) is 0 Å². The first-order valence-electron chi connectivity index (χ1n) is 5.91. The zero-order chi connectivity index (χ0) is 14.1. The topological polar surface area (TPSA) is 67.8 Å². The summed E-state index contributed by atoms with van der Waals surface area (Å²) < 4.78 is 9.77. The van der Waals surface area contributed by atoms with Crippen LogP contribution in [0.15, 0.2) is 24.3 Å². The number of aliphatic hydroxyl groups is 1. The molecule has 0 saturated heterocycles. The van der Waals surface area contributed by atoms with Crippen molar-refractivity contribution in [2.45, 2.75) is 6.10 Å². The lowest BCUT2D eigenvalue weighted by atomic mass is 10.2. The van der Waals surface area contributed by atoms with Gasteiger partial charge in [0.2, 0.25) is 0 Å². The van der Waals surface area contributed by atoms with Gasteiger partial charge in [-0.2, -0.15) is 0 Å². The summed E-state index contributed by atoms with van der Waals surface area (Å²) in [6, 6.07) is 6.80. The van der Waals surface area contributed by atoms with Crippen LogP contribution in [-0.2, 0) is 9.47 Å². The van der Waals surface area contributed by atoms with Crippen LogP contribution in [0, 0.1) is 0 Å². The Bertz CT molecular complexity index is 383. The van der Waals surface area contributed by atoms with Crippen LogP contribution in [0.3, 0.4) is 0 Å². The smallest absolute Gasteiger partial charge is 0.338 e. The van der Waals surface area contributed by atoms with Crippen LogP contribution in [0.2, 0.25) is 0 Å². The zero-order valence-electron chi connectivity index (χ0n) is 10.8. The molecule has 0 saturated carbocycles. The quantitative estimate of drug-likeness (QED) is 0.431. The van der Waals surface area contributed by atoms with E-state index in [0.29, 0.717) is 18.7 Å². The molecule has 5 nitrogen and oxygen atoms in total. The first kappa shape index (κ1) is 15.8. The molecule has 19 heavy (non-hydrogen) atoms. The molecule has 1 rings (SSSR count). The van der Waals surface area contributed by atoms with Crippen molar-refractivity contribution < 1.29 is 19.4 Å². The first-order valence-corrected chi connectivity index (χ1v) is 6.45. The Morgan fingerprint density at radius 1 is 1.37 bits per heavy atom. The molecule has 0 aliphatic heterocycles. The summed E-state index contributed by atoms with van der Waals surface area (Å²) in [5, 5.41) is 12.3. The van der Waals surface area contributed by atoms with Crippen LogP contribution < -0.4 is 5.32 Å². The molecule has 1 unspecified atom stereocenters.